The number of allylic oxidation sites excluding steroid dienone is 2. The molecule has 2 amide bonds. The van der Waals surface area contributed by atoms with Crippen LogP contribution in [0.3, 0.4) is 0 Å². The van der Waals surface area contributed by atoms with Crippen LogP contribution >= 0.6 is 0 Å². The highest BCUT2D eigenvalue weighted by atomic mass is 16.5. The molecule has 0 aliphatic heterocycles. The number of ketones is 2. The van der Waals surface area contributed by atoms with Gasteiger partial charge in [-0.25, -0.2) is 0 Å². The third-order valence-corrected chi connectivity index (χ3v) is 6.15. The summed E-state index contributed by atoms with van der Waals surface area (Å²) in [5, 5.41) is 2.86. The molecule has 0 unspecified atom stereocenters. The summed E-state index contributed by atoms with van der Waals surface area (Å²) in [6.45, 7) is 3.10. The zero-order valence-electron chi connectivity index (χ0n) is 21.1. The van der Waals surface area contributed by atoms with Gasteiger partial charge in [0.05, 0.1) is 14.2 Å². The zero-order valence-corrected chi connectivity index (χ0v) is 21.1. The van der Waals surface area contributed by atoms with Crippen LogP contribution in [0.4, 0.5) is 11.4 Å². The maximum atomic E-state index is 12.8. The van der Waals surface area contributed by atoms with Crippen LogP contribution in [-0.2, 0) is 41.5 Å². The number of methoxy groups -OCH3 is 2. The molecule has 3 rings (SSSR count). The van der Waals surface area contributed by atoms with E-state index in [2.05, 4.69) is 5.32 Å². The number of amides is 2. The summed E-state index contributed by atoms with van der Waals surface area (Å²) in [5.74, 6) is -1.05. The van der Waals surface area contributed by atoms with E-state index in [1.165, 1.54) is 26.0 Å². The number of hydrogen-bond acceptors (Lipinski definition) is 6. The number of nitrogens with zero attached hydrogens (tertiary/aromatic N) is 1. The largest absolute Gasteiger partial charge is 0.489 e. The summed E-state index contributed by atoms with van der Waals surface area (Å²) in [5.41, 5.74) is 3.98. The monoisotopic (exact) mass is 490 g/mol. The van der Waals surface area contributed by atoms with Gasteiger partial charge in [0.2, 0.25) is 34.9 Å². The van der Waals surface area contributed by atoms with Crippen LogP contribution in [0, 0.1) is 0 Å². The molecule has 36 heavy (non-hydrogen) atoms. The average Bonchev–Trinajstić information content (AvgIpc) is 2.88. The molecule has 8 heteroatoms. The summed E-state index contributed by atoms with van der Waals surface area (Å²) >= 11 is 0. The highest BCUT2D eigenvalue weighted by molar-refractivity contribution is 6.23. The normalized spacial score (nSPS) is 13.6. The number of rotatable bonds is 9. The highest BCUT2D eigenvalue weighted by Gasteiger charge is 2.34. The topological polar surface area (TPSA) is 102 Å². The fourth-order valence-corrected chi connectivity index (χ4v) is 3.86. The lowest BCUT2D eigenvalue weighted by Gasteiger charge is -2.20. The summed E-state index contributed by atoms with van der Waals surface area (Å²) in [4.78, 5) is 50.7. The lowest BCUT2D eigenvalue weighted by molar-refractivity contribution is -0.121. The van der Waals surface area contributed by atoms with Gasteiger partial charge in [0, 0.05) is 49.3 Å². The molecule has 1 aliphatic carbocycles. The van der Waals surface area contributed by atoms with Crippen molar-refractivity contribution in [3.63, 3.8) is 0 Å². The first-order valence-electron chi connectivity index (χ1n) is 11.5. The third kappa shape index (κ3) is 5.89. The van der Waals surface area contributed by atoms with E-state index in [9.17, 15) is 19.2 Å². The second kappa shape index (κ2) is 11.5. The number of carbonyl (C=O) groups is 4. The molecule has 188 valence electrons. The van der Waals surface area contributed by atoms with Crippen molar-refractivity contribution in [1.82, 2.24) is 0 Å². The first-order chi connectivity index (χ1) is 17.2. The zero-order chi connectivity index (χ0) is 26.4. The average molecular weight is 491 g/mol. The van der Waals surface area contributed by atoms with Crippen molar-refractivity contribution in [2.75, 3.05) is 31.5 Å². The Kier molecular flexibility index (Phi) is 8.42. The third-order valence-electron chi connectivity index (χ3n) is 6.15. The number of anilines is 2. The number of nitrogens with one attached hydrogen (secondary N) is 1. The van der Waals surface area contributed by atoms with Gasteiger partial charge in [0.25, 0.3) is 0 Å². The molecule has 0 bridgehead atoms. The second-order valence-corrected chi connectivity index (χ2v) is 8.49. The molecule has 0 aromatic heterocycles. The Morgan fingerprint density at radius 2 is 1.42 bits per heavy atom. The van der Waals surface area contributed by atoms with E-state index >= 15 is 0 Å². The Morgan fingerprint density at radius 3 is 1.97 bits per heavy atom. The molecular formula is C28H30N2O6. The number of Topliss-reactive ketones (excluding diaryl/α,β-unsaturated/α-hetero) is 2. The van der Waals surface area contributed by atoms with Crippen LogP contribution in [-0.4, -0.2) is 44.6 Å². The lowest BCUT2D eigenvalue weighted by Crippen LogP contribution is -2.26. The van der Waals surface area contributed by atoms with Crippen LogP contribution < -0.4 is 10.2 Å². The molecule has 0 radical (unpaired) electrons. The number of aryl methyl sites for hydroxylation is 1. The Bertz CT molecular complexity index is 1240. The molecule has 0 saturated carbocycles. The van der Waals surface area contributed by atoms with Crippen LogP contribution in [0.15, 0.2) is 71.2 Å². The van der Waals surface area contributed by atoms with Crippen molar-refractivity contribution in [2.45, 2.75) is 33.1 Å². The SMILES string of the molecule is COC1=C(OC)C(=O)C(Cc2ccc(CCC(=O)Nc3ccc(N(C)C(C)=O)cc3)cc2)=C(C)C1=O. The molecule has 0 spiro atoms. The van der Waals surface area contributed by atoms with Gasteiger partial charge in [-0.2, -0.15) is 0 Å². The minimum atomic E-state index is -0.355. The van der Waals surface area contributed by atoms with Gasteiger partial charge in [-0.05, 0) is 48.7 Å². The van der Waals surface area contributed by atoms with Gasteiger partial charge in [-0.15, -0.1) is 0 Å². The van der Waals surface area contributed by atoms with Crippen LogP contribution in [0.1, 0.15) is 31.4 Å². The number of carbonyl (C=O) groups excluding carboxylic acids is 4. The number of benzene rings is 2. The first-order valence-corrected chi connectivity index (χ1v) is 11.5. The molecule has 0 heterocycles. The fourth-order valence-electron chi connectivity index (χ4n) is 3.86. The van der Waals surface area contributed by atoms with Crippen molar-refractivity contribution in [3.8, 4) is 0 Å². The quantitative estimate of drug-likeness (QED) is 0.537. The summed E-state index contributed by atoms with van der Waals surface area (Å²) in [7, 11) is 4.36. The van der Waals surface area contributed by atoms with E-state index in [0.717, 1.165) is 16.8 Å². The van der Waals surface area contributed by atoms with Crippen LogP contribution in [0.25, 0.3) is 0 Å². The lowest BCUT2D eigenvalue weighted by atomic mass is 9.88. The number of ether oxygens (including phenoxy) is 2. The standard InChI is InChI=1S/C28H30N2O6/c1-17-23(26(34)28(36-5)27(35-4)25(17)33)16-20-8-6-19(7-9-20)10-15-24(32)29-21-11-13-22(14-12-21)30(3)18(2)31/h6-9,11-14H,10,15-16H2,1-5H3,(H,29,32). The molecular weight excluding hydrogens is 460 g/mol. The Labute approximate surface area is 210 Å². The van der Waals surface area contributed by atoms with Crippen molar-refractivity contribution in [3.05, 3.63) is 82.3 Å². The van der Waals surface area contributed by atoms with Gasteiger partial charge in [-0.3, -0.25) is 19.2 Å². The van der Waals surface area contributed by atoms with Gasteiger partial charge in [0.15, 0.2) is 0 Å². The maximum Gasteiger partial charge on any atom is 0.228 e. The molecule has 2 aromatic carbocycles. The van der Waals surface area contributed by atoms with Crippen molar-refractivity contribution < 1.29 is 28.7 Å². The van der Waals surface area contributed by atoms with E-state index in [4.69, 9.17) is 9.47 Å². The Hall–Kier alpha value is -4.20. The minimum Gasteiger partial charge on any atom is -0.489 e. The predicted molar refractivity (Wildman–Crippen MR) is 136 cm³/mol. The van der Waals surface area contributed by atoms with E-state index in [0.29, 0.717) is 29.7 Å². The van der Waals surface area contributed by atoms with Gasteiger partial charge < -0.3 is 19.7 Å². The van der Waals surface area contributed by atoms with Gasteiger partial charge in [0.1, 0.15) is 0 Å². The maximum absolute atomic E-state index is 12.8. The van der Waals surface area contributed by atoms with E-state index in [1.54, 1.807) is 38.2 Å². The molecule has 0 atom stereocenters. The van der Waals surface area contributed by atoms with Crippen molar-refractivity contribution in [2.24, 2.45) is 0 Å². The van der Waals surface area contributed by atoms with Gasteiger partial charge >= 0.3 is 0 Å². The van der Waals surface area contributed by atoms with Crippen molar-refractivity contribution in [1.29, 1.82) is 0 Å². The Balaban J connectivity index is 1.57. The van der Waals surface area contributed by atoms with E-state index < -0.39 is 0 Å². The van der Waals surface area contributed by atoms with Crippen LogP contribution in [0.5, 0.6) is 0 Å². The summed E-state index contributed by atoms with van der Waals surface area (Å²) in [6.07, 6.45) is 1.13. The summed E-state index contributed by atoms with van der Waals surface area (Å²) in [6, 6.07) is 14.7. The van der Waals surface area contributed by atoms with Crippen LogP contribution in [0.2, 0.25) is 0 Å². The molecule has 8 nitrogen and oxygen atoms in total. The Morgan fingerprint density at radius 1 is 0.861 bits per heavy atom. The highest BCUT2D eigenvalue weighted by Crippen LogP contribution is 2.28. The smallest absolute Gasteiger partial charge is 0.228 e. The van der Waals surface area contributed by atoms with Crippen molar-refractivity contribution >= 4 is 34.8 Å². The first kappa shape index (κ1) is 26.4. The molecule has 0 saturated heterocycles. The summed E-state index contributed by atoms with van der Waals surface area (Å²) < 4.78 is 10.2. The molecule has 1 aliphatic rings. The predicted octanol–water partition coefficient (Wildman–Crippen LogP) is 3.76. The molecule has 2 aromatic rings. The van der Waals surface area contributed by atoms with E-state index in [1.807, 2.05) is 24.3 Å². The fraction of sp³-hybridized carbons (Fsp3) is 0.286. The second-order valence-electron chi connectivity index (χ2n) is 8.49. The minimum absolute atomic E-state index is 0.0692. The van der Waals surface area contributed by atoms with Gasteiger partial charge in [-0.1, -0.05) is 24.3 Å². The number of hydrogen-bond donors (Lipinski definition) is 1. The van der Waals surface area contributed by atoms with E-state index in [-0.39, 0.29) is 41.3 Å². The molecule has 1 N–H and O–H groups in total. The molecule has 0 fully saturated rings.